The maximum Gasteiger partial charge on any atom is 0.402 e. The minimum atomic E-state index is -1.33. The van der Waals surface area contributed by atoms with Crippen LogP contribution in [0.2, 0.25) is 0 Å². The highest BCUT2D eigenvalue weighted by Crippen LogP contribution is 2.36. The minimum absolute atomic E-state index is 0.223. The Morgan fingerprint density at radius 2 is 1.72 bits per heavy atom. The first-order valence-corrected chi connectivity index (χ1v) is 13.4. The molecule has 0 atom stereocenters. The largest absolute Gasteiger partial charge is 0.489 e. The van der Waals surface area contributed by atoms with E-state index in [1.54, 1.807) is 28.9 Å². The fraction of sp³-hybridized carbons (Fsp3) is 0.188. The topological polar surface area (TPSA) is 167 Å². The van der Waals surface area contributed by atoms with E-state index >= 15 is 0 Å². The van der Waals surface area contributed by atoms with Crippen LogP contribution < -0.4 is 26.3 Å². The second-order valence-corrected chi connectivity index (χ2v) is 10.7. The van der Waals surface area contributed by atoms with E-state index in [1.165, 1.54) is 0 Å². The highest BCUT2D eigenvalue weighted by molar-refractivity contribution is 6.06. The number of rotatable bonds is 7. The third-order valence-electron chi connectivity index (χ3n) is 6.25. The molecule has 5 aromatic rings. The first-order valence-electron chi connectivity index (χ1n) is 13.4. The maximum absolute atomic E-state index is 13.6. The van der Waals surface area contributed by atoms with Crippen LogP contribution in [-0.2, 0) is 12.0 Å². The van der Waals surface area contributed by atoms with Gasteiger partial charge in [-0.15, -0.1) is 5.10 Å². The third-order valence-corrected chi connectivity index (χ3v) is 6.25. The van der Waals surface area contributed by atoms with Gasteiger partial charge in [0.2, 0.25) is 5.88 Å². The van der Waals surface area contributed by atoms with Gasteiger partial charge in [-0.2, -0.15) is 0 Å². The summed E-state index contributed by atoms with van der Waals surface area (Å²) in [7, 11) is 0. The highest BCUT2D eigenvalue weighted by atomic mass is 16.5. The summed E-state index contributed by atoms with van der Waals surface area (Å²) in [5.74, 6) is 1.75. The average Bonchev–Trinajstić information content (AvgIpc) is 3.32. The molecule has 0 radical (unpaired) electrons. The zero-order chi connectivity index (χ0) is 31.1. The van der Waals surface area contributed by atoms with Crippen molar-refractivity contribution in [2.24, 2.45) is 5.73 Å². The summed E-state index contributed by atoms with van der Waals surface area (Å²) >= 11 is 0. The van der Waals surface area contributed by atoms with Gasteiger partial charge in [0.1, 0.15) is 23.9 Å². The fourth-order valence-corrected chi connectivity index (χ4v) is 4.40. The molecule has 0 aliphatic carbocycles. The molecule has 0 saturated heterocycles. The fourth-order valence-electron chi connectivity index (χ4n) is 4.40. The number of primary amides is 1. The number of fused-ring (bicyclic) bond motifs is 1. The molecule has 0 fully saturated rings. The second-order valence-electron chi connectivity index (χ2n) is 10.7. The lowest BCUT2D eigenvalue weighted by molar-refractivity contribution is 0.102. The number of hydrogen-bond acceptors (Lipinski definition) is 7. The zero-order valence-corrected chi connectivity index (χ0v) is 24.4. The molecule has 43 heavy (non-hydrogen) atoms. The van der Waals surface area contributed by atoms with Crippen LogP contribution in [-0.4, -0.2) is 31.7 Å². The van der Waals surface area contributed by atoms with E-state index in [0.717, 1.165) is 16.7 Å². The van der Waals surface area contributed by atoms with E-state index in [-0.39, 0.29) is 11.3 Å². The van der Waals surface area contributed by atoms with Gasteiger partial charge in [0, 0.05) is 28.9 Å². The van der Waals surface area contributed by atoms with Crippen molar-refractivity contribution in [2.45, 2.75) is 39.7 Å². The van der Waals surface area contributed by atoms with E-state index < -0.39 is 6.09 Å². The monoisotopic (exact) mass is 582 g/mol. The number of aromatic nitrogens is 3. The van der Waals surface area contributed by atoms with Gasteiger partial charge in [0.15, 0.2) is 5.65 Å². The molecular formula is C32H34N6O5. The van der Waals surface area contributed by atoms with Gasteiger partial charge >= 0.3 is 6.09 Å². The lowest BCUT2D eigenvalue weighted by Gasteiger charge is -2.26. The van der Waals surface area contributed by atoms with Crippen molar-refractivity contribution < 1.29 is 24.2 Å². The number of nitrogens with two attached hydrogens (primary N) is 2. The Bertz CT molecular complexity index is 1740. The standard InChI is InChI=1S/C31H31N5O3.CH3NO2/c1-20-13-14-22(39-28-16-15-27-34-26(32)18-36(27)35-28)17-24(20)33-30(37)23-11-8-12-25(29(23)31(2,3)4)38-19-21-9-6-5-7-10-21;2-1(3)4/h5-18H,19,32H2,1-4H3,(H,33,37);2H2,(H,3,4). The minimum Gasteiger partial charge on any atom is -0.489 e. The lowest BCUT2D eigenvalue weighted by Crippen LogP contribution is -2.22. The predicted octanol–water partition coefficient (Wildman–Crippen LogP) is 6.16. The number of carbonyl (C=O) groups is 2. The Morgan fingerprint density at radius 1 is 1.00 bits per heavy atom. The Hall–Kier alpha value is -5.58. The van der Waals surface area contributed by atoms with Gasteiger partial charge in [-0.1, -0.05) is 63.2 Å². The molecule has 11 nitrogen and oxygen atoms in total. The van der Waals surface area contributed by atoms with Crippen LogP contribution >= 0.6 is 0 Å². The van der Waals surface area contributed by atoms with Crippen LogP contribution in [0, 0.1) is 6.92 Å². The number of ether oxygens (including phenoxy) is 2. The second kappa shape index (κ2) is 12.9. The van der Waals surface area contributed by atoms with Crippen molar-refractivity contribution >= 4 is 29.2 Å². The number of amides is 2. The van der Waals surface area contributed by atoms with Gasteiger partial charge in [0.05, 0.1) is 6.20 Å². The number of imidazole rings is 1. The molecule has 11 heteroatoms. The summed E-state index contributed by atoms with van der Waals surface area (Å²) in [6, 6.07) is 24.6. The summed E-state index contributed by atoms with van der Waals surface area (Å²) in [5.41, 5.74) is 14.1. The molecule has 5 rings (SSSR count). The maximum atomic E-state index is 13.6. The molecular weight excluding hydrogens is 548 g/mol. The molecule has 0 aliphatic rings. The smallest absolute Gasteiger partial charge is 0.402 e. The van der Waals surface area contributed by atoms with E-state index in [1.807, 2.05) is 67.6 Å². The van der Waals surface area contributed by atoms with Crippen molar-refractivity contribution in [3.8, 4) is 17.4 Å². The van der Waals surface area contributed by atoms with Crippen LogP contribution in [0.15, 0.2) is 85.1 Å². The van der Waals surface area contributed by atoms with Gasteiger partial charge in [0.25, 0.3) is 5.91 Å². The Balaban J connectivity index is 0.000000996. The number of carbonyl (C=O) groups excluding carboxylic acids is 1. The SMILES string of the molecule is Cc1ccc(Oc2ccc3nc(N)cn3n2)cc1NC(=O)c1cccc(OCc2ccccc2)c1C(C)(C)C.NC(=O)O. The molecule has 0 bridgehead atoms. The van der Waals surface area contributed by atoms with Crippen molar-refractivity contribution in [3.63, 3.8) is 0 Å². The van der Waals surface area contributed by atoms with Crippen LogP contribution in [0.4, 0.5) is 16.3 Å². The number of anilines is 2. The highest BCUT2D eigenvalue weighted by Gasteiger charge is 2.26. The molecule has 0 unspecified atom stereocenters. The quantitative estimate of drug-likeness (QED) is 0.177. The summed E-state index contributed by atoms with van der Waals surface area (Å²) in [5, 5.41) is 14.7. The van der Waals surface area contributed by atoms with Gasteiger partial charge in [-0.3, -0.25) is 4.79 Å². The number of nitrogen functional groups attached to an aromatic ring is 1. The number of nitrogens with one attached hydrogen (secondary N) is 1. The van der Waals surface area contributed by atoms with Crippen LogP contribution in [0.1, 0.15) is 47.8 Å². The Morgan fingerprint density at radius 3 is 2.42 bits per heavy atom. The zero-order valence-electron chi connectivity index (χ0n) is 24.4. The summed E-state index contributed by atoms with van der Waals surface area (Å²) in [4.78, 5) is 26.6. The van der Waals surface area contributed by atoms with Crippen LogP contribution in [0.25, 0.3) is 5.65 Å². The number of nitrogens with zero attached hydrogens (tertiary/aromatic N) is 3. The Labute approximate surface area is 249 Å². The predicted molar refractivity (Wildman–Crippen MR) is 165 cm³/mol. The number of benzene rings is 3. The number of hydrogen-bond donors (Lipinski definition) is 4. The average molecular weight is 583 g/mol. The summed E-state index contributed by atoms with van der Waals surface area (Å²) in [6.07, 6.45) is 0.285. The summed E-state index contributed by atoms with van der Waals surface area (Å²) < 4.78 is 13.7. The first kappa shape index (κ1) is 30.4. The molecule has 0 spiro atoms. The van der Waals surface area contributed by atoms with Gasteiger partial charge < -0.3 is 31.4 Å². The molecule has 3 aromatic carbocycles. The van der Waals surface area contributed by atoms with E-state index in [4.69, 9.17) is 25.1 Å². The number of carboxylic acid groups (broad SMARTS) is 1. The first-order chi connectivity index (χ1) is 20.4. The molecule has 2 heterocycles. The number of aryl methyl sites for hydroxylation is 1. The molecule has 0 saturated carbocycles. The molecule has 2 aromatic heterocycles. The van der Waals surface area contributed by atoms with Crippen molar-refractivity contribution in [1.82, 2.24) is 14.6 Å². The molecule has 0 aliphatic heterocycles. The van der Waals surface area contributed by atoms with E-state index in [2.05, 4.69) is 41.9 Å². The Kier molecular flexibility index (Phi) is 9.14. The normalized spacial score (nSPS) is 10.9. The van der Waals surface area contributed by atoms with E-state index in [9.17, 15) is 4.79 Å². The van der Waals surface area contributed by atoms with Gasteiger partial charge in [-0.05, 0) is 47.7 Å². The van der Waals surface area contributed by atoms with E-state index in [0.29, 0.717) is 46.7 Å². The van der Waals surface area contributed by atoms with Gasteiger partial charge in [-0.25, -0.2) is 14.3 Å². The molecule has 6 N–H and O–H groups in total. The molecule has 222 valence electrons. The molecule has 2 amide bonds. The van der Waals surface area contributed by atoms with Crippen molar-refractivity contribution in [1.29, 1.82) is 0 Å². The third kappa shape index (κ3) is 8.00. The van der Waals surface area contributed by atoms with Crippen molar-refractivity contribution in [2.75, 3.05) is 11.1 Å². The summed E-state index contributed by atoms with van der Waals surface area (Å²) in [6.45, 7) is 8.57. The lowest BCUT2D eigenvalue weighted by atomic mass is 9.82. The van der Waals surface area contributed by atoms with Crippen LogP contribution in [0.5, 0.6) is 17.4 Å². The van der Waals surface area contributed by atoms with Crippen LogP contribution in [0.3, 0.4) is 0 Å². The van der Waals surface area contributed by atoms with Crippen molar-refractivity contribution in [3.05, 3.63) is 107 Å².